The van der Waals surface area contributed by atoms with Gasteiger partial charge in [-0.3, -0.25) is 62.3 Å². The van der Waals surface area contributed by atoms with Gasteiger partial charge < -0.3 is 65.4 Å². The zero-order valence-electron chi connectivity index (χ0n) is 85.1. The van der Waals surface area contributed by atoms with Gasteiger partial charge in [0.05, 0.1) is 11.1 Å². The summed E-state index contributed by atoms with van der Waals surface area (Å²) in [6.07, 6.45) is 42.2. The zero-order valence-corrected chi connectivity index (χ0v) is 85.1. The molecule has 5 aromatic carbocycles. The minimum atomic E-state index is -0.226. The lowest BCUT2D eigenvalue weighted by Gasteiger charge is -2.33. The van der Waals surface area contributed by atoms with E-state index in [9.17, 15) is 62.3 Å². The van der Waals surface area contributed by atoms with Crippen LogP contribution >= 0.6 is 0 Å². The molecule has 13 amide bonds. The van der Waals surface area contributed by atoms with Gasteiger partial charge in [0.1, 0.15) is 0 Å². The smallest absolute Gasteiger partial charge is 0.255 e. The molecular formula is C119H153N13O13. The summed E-state index contributed by atoms with van der Waals surface area (Å²) in [4.78, 5) is 173. The number of unbranched alkanes of at least 4 members (excludes halogenated alkanes) is 1. The van der Waals surface area contributed by atoms with Gasteiger partial charge in [0.15, 0.2) is 0 Å². The van der Waals surface area contributed by atoms with Gasteiger partial charge in [0, 0.05) is 208 Å². The van der Waals surface area contributed by atoms with Gasteiger partial charge >= 0.3 is 0 Å². The number of hydrogen-bond acceptors (Lipinski definition) is 13. The van der Waals surface area contributed by atoms with Gasteiger partial charge in [0.2, 0.25) is 23.6 Å². The number of carbonyl (C=O) groups excluding carboxylic acids is 13. The molecule has 0 aliphatic heterocycles. The number of carbonyl (C=O) groups is 13. The first-order valence-corrected chi connectivity index (χ1v) is 47.6. The van der Waals surface area contributed by atoms with Crippen molar-refractivity contribution in [1.29, 1.82) is 0 Å². The Morgan fingerprint density at radius 3 is 0.641 bits per heavy atom. The second-order valence-corrected chi connectivity index (χ2v) is 31.7. The normalized spacial score (nSPS) is 11.2. The van der Waals surface area contributed by atoms with Crippen molar-refractivity contribution in [1.82, 2.24) is 65.4 Å². The van der Waals surface area contributed by atoms with E-state index in [1.54, 1.807) is 275 Å². The molecule has 26 nitrogen and oxygen atoms in total. The van der Waals surface area contributed by atoms with E-state index in [1.165, 1.54) is 0 Å². The highest BCUT2D eigenvalue weighted by molar-refractivity contribution is 6.08. The number of nitrogens with zero attached hydrogens (tertiary/aromatic N) is 9. The van der Waals surface area contributed by atoms with Crippen molar-refractivity contribution in [3.8, 4) is 0 Å². The molecule has 26 heteroatoms. The molecule has 1 saturated carbocycles. The molecule has 1 aliphatic carbocycles. The second-order valence-electron chi connectivity index (χ2n) is 31.7. The Balaban J connectivity index is 0.00000168. The zero-order chi connectivity index (χ0) is 108. The summed E-state index contributed by atoms with van der Waals surface area (Å²) in [5.41, 5.74) is 4.41. The number of benzene rings is 5. The van der Waals surface area contributed by atoms with Gasteiger partial charge in [-0.25, -0.2) is 0 Å². The van der Waals surface area contributed by atoms with Crippen LogP contribution in [-0.4, -0.2) is 265 Å². The lowest BCUT2D eigenvalue weighted by molar-refractivity contribution is -0.140. The van der Waals surface area contributed by atoms with Crippen LogP contribution < -0.4 is 21.3 Å². The van der Waals surface area contributed by atoms with Crippen molar-refractivity contribution in [3.05, 3.63) is 456 Å². The fourth-order valence-electron chi connectivity index (χ4n) is 13.8. The summed E-state index contributed by atoms with van der Waals surface area (Å²) >= 11 is 0. The van der Waals surface area contributed by atoms with E-state index < -0.39 is 0 Å². The SMILES string of the molecule is C=CCN(CC=C)C(=O)C1CCC(C(=O)N(CC=C)CC=C)CC1.C=CCN(CC=C)C(=O)c1ccc(C(=O)N(CC=C)CC=C)cc1.C=CCN(CC=C)C(=O)c1cccc(C(=O)N(CC=C)CC=C)c1.C=CCN(CC=C)C(=O)c1ccccc1.C=CCN(CC=C)C(=O)c1ccccc1C(=O)N(CC=C)CC=C.C=CCNC(=O)CCCCC(=O)NCC=C.C=CCNC(=O)c1ccc(C(=O)NCC=C)cc1. The van der Waals surface area contributed by atoms with E-state index in [4.69, 9.17) is 0 Å². The van der Waals surface area contributed by atoms with Crippen molar-refractivity contribution in [2.75, 3.05) is 144 Å². The van der Waals surface area contributed by atoms with Crippen molar-refractivity contribution in [2.24, 2.45) is 11.8 Å². The van der Waals surface area contributed by atoms with Crippen molar-refractivity contribution in [2.45, 2.75) is 51.4 Å². The minimum Gasteiger partial charge on any atom is -0.353 e. The molecule has 772 valence electrons. The minimum absolute atomic E-state index is 0.00112. The third-order valence-electron chi connectivity index (χ3n) is 20.7. The highest BCUT2D eigenvalue weighted by Crippen LogP contribution is 2.32. The lowest BCUT2D eigenvalue weighted by atomic mass is 9.80. The van der Waals surface area contributed by atoms with E-state index in [-0.39, 0.29) is 88.6 Å². The van der Waals surface area contributed by atoms with Crippen LogP contribution in [0.1, 0.15) is 145 Å². The van der Waals surface area contributed by atoms with Crippen LogP contribution in [0.2, 0.25) is 0 Å². The summed E-state index contributed by atoms with van der Waals surface area (Å²) in [7, 11) is 0. The van der Waals surface area contributed by atoms with Gasteiger partial charge in [0.25, 0.3) is 53.2 Å². The molecule has 0 heterocycles. The van der Waals surface area contributed by atoms with E-state index in [2.05, 4.69) is 166 Å². The molecule has 1 fully saturated rings. The van der Waals surface area contributed by atoms with Crippen molar-refractivity contribution < 1.29 is 62.3 Å². The summed E-state index contributed by atoms with van der Waals surface area (Å²) < 4.78 is 0. The van der Waals surface area contributed by atoms with Crippen LogP contribution in [0.15, 0.2) is 406 Å². The number of nitrogens with one attached hydrogen (secondary N) is 4. The molecule has 6 rings (SSSR count). The molecule has 4 N–H and O–H groups in total. The van der Waals surface area contributed by atoms with Gasteiger partial charge in [-0.15, -0.1) is 145 Å². The molecule has 0 bridgehead atoms. The van der Waals surface area contributed by atoms with Crippen molar-refractivity contribution >= 4 is 76.8 Å². The Hall–Kier alpha value is -16.5. The molecule has 0 unspecified atom stereocenters. The average molecular weight is 1970 g/mol. The quantitative estimate of drug-likeness (QED) is 0.0208. The van der Waals surface area contributed by atoms with E-state index in [0.717, 1.165) is 38.5 Å². The maximum absolute atomic E-state index is 12.8. The number of rotatable bonds is 60. The first-order chi connectivity index (χ1) is 70.0. The third-order valence-corrected chi connectivity index (χ3v) is 20.7. The fraction of sp³-hybridized carbons (Fsp3) is 0.269. The highest BCUT2D eigenvalue weighted by Gasteiger charge is 2.34. The predicted molar refractivity (Wildman–Crippen MR) is 596 cm³/mol. The van der Waals surface area contributed by atoms with Gasteiger partial charge in [-0.1, -0.05) is 170 Å². The predicted octanol–water partition coefficient (Wildman–Crippen LogP) is 18.3. The molecule has 1 aliphatic rings. The van der Waals surface area contributed by atoms with Gasteiger partial charge in [-0.05, 0) is 130 Å². The lowest BCUT2D eigenvalue weighted by Crippen LogP contribution is -2.41. The second kappa shape index (κ2) is 80.2. The van der Waals surface area contributed by atoms with Crippen LogP contribution in [0.5, 0.6) is 0 Å². The van der Waals surface area contributed by atoms with Crippen LogP contribution in [0.4, 0.5) is 0 Å². The molecule has 145 heavy (non-hydrogen) atoms. The summed E-state index contributed by atoms with van der Waals surface area (Å²) in [6, 6.07) is 35.8. The van der Waals surface area contributed by atoms with Crippen LogP contribution in [0.25, 0.3) is 0 Å². The van der Waals surface area contributed by atoms with Crippen LogP contribution in [0.3, 0.4) is 0 Å². The highest BCUT2D eigenvalue weighted by atomic mass is 16.2. The number of hydrogen-bond donors (Lipinski definition) is 4. The first-order valence-electron chi connectivity index (χ1n) is 47.6. The molecular weight excluding hydrogens is 1820 g/mol. The maximum Gasteiger partial charge on any atom is 0.255 e. The molecule has 5 aromatic rings. The maximum atomic E-state index is 12.8. The Morgan fingerprint density at radius 2 is 0.407 bits per heavy atom. The van der Waals surface area contributed by atoms with Crippen LogP contribution in [0, 0.1) is 11.8 Å². The largest absolute Gasteiger partial charge is 0.353 e. The average Bonchev–Trinajstić information content (AvgIpc) is 0.814. The Morgan fingerprint density at radius 1 is 0.214 bits per heavy atom. The number of amides is 13. The molecule has 0 aromatic heterocycles. The Kier molecular flexibility index (Phi) is 71.1. The summed E-state index contributed by atoms with van der Waals surface area (Å²) in [6.45, 7) is 90.1. The molecule has 0 saturated heterocycles. The monoisotopic (exact) mass is 1970 g/mol. The Bertz CT molecular complexity index is 4790. The summed E-state index contributed by atoms with van der Waals surface area (Å²) in [5.74, 6) is -1.08. The molecule has 0 radical (unpaired) electrons. The molecule has 0 spiro atoms. The standard InChI is InChI=1S/C20H30N2O2.3C20H24N2O2.C14H16N2O2.C13H15NO.C12H20N2O2/c2*1-5-13-21(14-6-2)19(23)17-9-11-18(12-10-17)20(24)22(15-7-3)16-8-4;1-5-13-21(14-6-2)19(23)17-11-9-10-12-18(17)20(24)22(15-7-3)16-8-4;1-5-12-21(13-6-2)19(23)17-10-9-11-18(16-17)20(24)22(14-7-3)15-8-4;1-3-9-15-13(17)11-5-7-12(8-6-11)14(18)16-10-4-2;1-3-10-14(11-4-2)13(15)12-8-6-5-7-9-12;1-3-9-13-11(15)7-5-6-8-12(16)14-10-4-2/h5-8,17-18H,1-4,9-16H2;2*5-12H,1-4,13-16H2;5-11,16H,1-4,12-15H2;3-8H,1-2,9-10H2,(H,15,17)(H,16,18);3-9H,1-2,10-11H2;3-4H,1-2,5-10H2,(H,13,15)(H,14,16). The van der Waals surface area contributed by atoms with E-state index in [0.29, 0.717) is 207 Å². The topological polar surface area (TPSA) is 299 Å². The fourth-order valence-corrected chi connectivity index (χ4v) is 13.8. The van der Waals surface area contributed by atoms with E-state index >= 15 is 0 Å². The first kappa shape index (κ1) is 128. The summed E-state index contributed by atoms with van der Waals surface area (Å²) in [5, 5.41) is 10.7. The van der Waals surface area contributed by atoms with Crippen LogP contribution in [-0.2, 0) is 19.2 Å². The van der Waals surface area contributed by atoms with Crippen molar-refractivity contribution in [3.63, 3.8) is 0 Å². The molecule has 0 atom stereocenters. The third kappa shape index (κ3) is 50.4. The Labute approximate surface area is 862 Å². The van der Waals surface area contributed by atoms with Gasteiger partial charge in [-0.2, -0.15) is 0 Å². The van der Waals surface area contributed by atoms with E-state index in [1.807, 2.05) is 30.3 Å².